The van der Waals surface area contributed by atoms with Crippen LogP contribution in [0.4, 0.5) is 17.5 Å². The van der Waals surface area contributed by atoms with Gasteiger partial charge in [0.1, 0.15) is 5.82 Å². The Hall–Kier alpha value is -2.18. The minimum Gasteiger partial charge on any atom is -0.379 e. The SMILES string of the molecule is CCc1cccc(CC)c1Nc1nc(C)cc(NCCN2CCOCC2)n1. The number of anilines is 3. The van der Waals surface area contributed by atoms with Gasteiger partial charge in [0.05, 0.1) is 13.2 Å². The van der Waals surface area contributed by atoms with E-state index in [-0.39, 0.29) is 0 Å². The van der Waals surface area contributed by atoms with Gasteiger partial charge >= 0.3 is 0 Å². The van der Waals surface area contributed by atoms with Gasteiger partial charge in [0, 0.05) is 43.6 Å². The summed E-state index contributed by atoms with van der Waals surface area (Å²) < 4.78 is 5.40. The number of nitrogens with one attached hydrogen (secondary N) is 2. The number of ether oxygens (including phenoxy) is 1. The van der Waals surface area contributed by atoms with Gasteiger partial charge in [0.2, 0.25) is 5.95 Å². The van der Waals surface area contributed by atoms with Crippen molar-refractivity contribution in [2.45, 2.75) is 33.6 Å². The van der Waals surface area contributed by atoms with E-state index in [1.165, 1.54) is 11.1 Å². The quantitative estimate of drug-likeness (QED) is 0.744. The molecule has 6 nitrogen and oxygen atoms in total. The molecule has 0 aliphatic carbocycles. The first-order valence-electron chi connectivity index (χ1n) is 9.97. The van der Waals surface area contributed by atoms with E-state index in [2.05, 4.69) is 57.5 Å². The fourth-order valence-corrected chi connectivity index (χ4v) is 3.40. The summed E-state index contributed by atoms with van der Waals surface area (Å²) in [4.78, 5) is 11.7. The molecule has 1 aliphatic heterocycles. The van der Waals surface area contributed by atoms with E-state index in [1.807, 2.05) is 13.0 Å². The minimum absolute atomic E-state index is 0.652. The van der Waals surface area contributed by atoms with Crippen LogP contribution in [0, 0.1) is 6.92 Å². The molecule has 0 saturated carbocycles. The van der Waals surface area contributed by atoms with Gasteiger partial charge in [-0.25, -0.2) is 4.98 Å². The van der Waals surface area contributed by atoms with Gasteiger partial charge in [-0.2, -0.15) is 4.98 Å². The third-order valence-corrected chi connectivity index (χ3v) is 4.93. The number of aryl methyl sites for hydroxylation is 3. The van der Waals surface area contributed by atoms with E-state index in [1.54, 1.807) is 0 Å². The van der Waals surface area contributed by atoms with Gasteiger partial charge in [-0.05, 0) is 30.9 Å². The molecule has 0 atom stereocenters. The molecule has 1 aromatic heterocycles. The largest absolute Gasteiger partial charge is 0.379 e. The van der Waals surface area contributed by atoms with Crippen LogP contribution in [0.15, 0.2) is 24.3 Å². The second-order valence-electron chi connectivity index (χ2n) is 6.88. The van der Waals surface area contributed by atoms with Crippen molar-refractivity contribution >= 4 is 17.5 Å². The topological polar surface area (TPSA) is 62.3 Å². The maximum atomic E-state index is 5.40. The molecule has 146 valence electrons. The summed E-state index contributed by atoms with van der Waals surface area (Å²) in [5, 5.41) is 6.92. The lowest BCUT2D eigenvalue weighted by molar-refractivity contribution is 0.0398. The van der Waals surface area contributed by atoms with Crippen LogP contribution in [0.25, 0.3) is 0 Å². The maximum absolute atomic E-state index is 5.40. The average Bonchev–Trinajstić information content (AvgIpc) is 2.68. The second kappa shape index (κ2) is 9.67. The Labute approximate surface area is 162 Å². The van der Waals surface area contributed by atoms with Crippen molar-refractivity contribution in [1.29, 1.82) is 0 Å². The molecule has 1 aromatic carbocycles. The first kappa shape index (κ1) is 19.6. The zero-order valence-corrected chi connectivity index (χ0v) is 16.7. The van der Waals surface area contributed by atoms with Crippen molar-refractivity contribution in [3.8, 4) is 0 Å². The van der Waals surface area contributed by atoms with Crippen LogP contribution >= 0.6 is 0 Å². The number of aromatic nitrogens is 2. The van der Waals surface area contributed by atoms with Crippen LogP contribution in [0.3, 0.4) is 0 Å². The summed E-state index contributed by atoms with van der Waals surface area (Å²) in [6, 6.07) is 8.45. The summed E-state index contributed by atoms with van der Waals surface area (Å²) in [5.41, 5.74) is 4.68. The fourth-order valence-electron chi connectivity index (χ4n) is 3.40. The smallest absolute Gasteiger partial charge is 0.229 e. The fraction of sp³-hybridized carbons (Fsp3) is 0.524. The highest BCUT2D eigenvalue weighted by Gasteiger charge is 2.11. The molecule has 1 fully saturated rings. The van der Waals surface area contributed by atoms with Crippen LogP contribution in [-0.2, 0) is 17.6 Å². The van der Waals surface area contributed by atoms with Crippen molar-refractivity contribution in [2.75, 3.05) is 50.0 Å². The highest BCUT2D eigenvalue weighted by Crippen LogP contribution is 2.25. The van der Waals surface area contributed by atoms with E-state index in [0.29, 0.717) is 5.95 Å². The summed E-state index contributed by atoms with van der Waals surface area (Å²) >= 11 is 0. The molecule has 0 radical (unpaired) electrons. The Morgan fingerprint density at radius 3 is 2.44 bits per heavy atom. The van der Waals surface area contributed by atoms with E-state index in [0.717, 1.165) is 69.4 Å². The molecule has 0 unspecified atom stereocenters. The number of benzene rings is 1. The standard InChI is InChI=1S/C21H31N5O/c1-4-17-7-6-8-18(5-2)20(17)25-21-23-16(3)15-19(24-21)22-9-10-26-11-13-27-14-12-26/h6-8,15H,4-5,9-14H2,1-3H3,(H2,22,23,24,25). The van der Waals surface area contributed by atoms with Gasteiger partial charge in [-0.3, -0.25) is 4.90 Å². The molecule has 0 spiro atoms. The Morgan fingerprint density at radius 1 is 1.07 bits per heavy atom. The van der Waals surface area contributed by atoms with Gasteiger partial charge < -0.3 is 15.4 Å². The molecule has 27 heavy (non-hydrogen) atoms. The van der Waals surface area contributed by atoms with Crippen LogP contribution in [0.2, 0.25) is 0 Å². The zero-order valence-electron chi connectivity index (χ0n) is 16.7. The number of rotatable bonds is 8. The van der Waals surface area contributed by atoms with Crippen LogP contribution in [-0.4, -0.2) is 54.3 Å². The van der Waals surface area contributed by atoms with Crippen LogP contribution in [0.5, 0.6) is 0 Å². The van der Waals surface area contributed by atoms with Gasteiger partial charge in [-0.15, -0.1) is 0 Å². The lowest BCUT2D eigenvalue weighted by atomic mass is 10.0. The van der Waals surface area contributed by atoms with E-state index in [4.69, 9.17) is 4.74 Å². The first-order chi connectivity index (χ1) is 13.2. The summed E-state index contributed by atoms with van der Waals surface area (Å²) in [6.07, 6.45) is 1.96. The van der Waals surface area contributed by atoms with Crippen molar-refractivity contribution in [3.63, 3.8) is 0 Å². The molecule has 0 amide bonds. The predicted octanol–water partition coefficient (Wildman–Crippen LogP) is 3.40. The normalized spacial score (nSPS) is 14.9. The molecule has 3 rings (SSSR count). The Kier molecular flexibility index (Phi) is 7.01. The number of hydrogen-bond donors (Lipinski definition) is 2. The monoisotopic (exact) mass is 369 g/mol. The molecule has 6 heteroatoms. The summed E-state index contributed by atoms with van der Waals surface area (Å²) in [7, 11) is 0. The Morgan fingerprint density at radius 2 is 1.78 bits per heavy atom. The second-order valence-corrected chi connectivity index (χ2v) is 6.88. The molecule has 2 N–H and O–H groups in total. The number of morpholine rings is 1. The molecular weight excluding hydrogens is 338 g/mol. The lowest BCUT2D eigenvalue weighted by Gasteiger charge is -2.26. The molecule has 2 heterocycles. The molecule has 0 bridgehead atoms. The van der Waals surface area contributed by atoms with E-state index in [9.17, 15) is 0 Å². The third kappa shape index (κ3) is 5.40. The van der Waals surface area contributed by atoms with Gasteiger partial charge in [0.25, 0.3) is 0 Å². The molecule has 1 aliphatic rings. The van der Waals surface area contributed by atoms with Crippen LogP contribution < -0.4 is 10.6 Å². The van der Waals surface area contributed by atoms with Crippen molar-refractivity contribution in [3.05, 3.63) is 41.1 Å². The highest BCUT2D eigenvalue weighted by molar-refractivity contribution is 5.64. The van der Waals surface area contributed by atoms with Crippen molar-refractivity contribution in [2.24, 2.45) is 0 Å². The van der Waals surface area contributed by atoms with E-state index >= 15 is 0 Å². The zero-order chi connectivity index (χ0) is 19.1. The van der Waals surface area contributed by atoms with Crippen molar-refractivity contribution in [1.82, 2.24) is 14.9 Å². The Bertz CT molecular complexity index is 721. The van der Waals surface area contributed by atoms with Crippen molar-refractivity contribution < 1.29 is 4.74 Å². The highest BCUT2D eigenvalue weighted by atomic mass is 16.5. The summed E-state index contributed by atoms with van der Waals surface area (Å²) in [5.74, 6) is 1.52. The third-order valence-electron chi connectivity index (χ3n) is 4.93. The predicted molar refractivity (Wildman–Crippen MR) is 111 cm³/mol. The molecular formula is C21H31N5O. The molecule has 1 saturated heterocycles. The number of hydrogen-bond acceptors (Lipinski definition) is 6. The lowest BCUT2D eigenvalue weighted by Crippen LogP contribution is -2.39. The maximum Gasteiger partial charge on any atom is 0.229 e. The average molecular weight is 370 g/mol. The van der Waals surface area contributed by atoms with Gasteiger partial charge in [-0.1, -0.05) is 32.0 Å². The van der Waals surface area contributed by atoms with Crippen LogP contribution in [0.1, 0.15) is 30.7 Å². The molecule has 2 aromatic rings. The van der Waals surface area contributed by atoms with E-state index < -0.39 is 0 Å². The number of para-hydroxylation sites is 1. The number of nitrogens with zero attached hydrogens (tertiary/aromatic N) is 3. The minimum atomic E-state index is 0.652. The van der Waals surface area contributed by atoms with Gasteiger partial charge in [0.15, 0.2) is 0 Å². The first-order valence-corrected chi connectivity index (χ1v) is 9.97. The summed E-state index contributed by atoms with van der Waals surface area (Å²) in [6.45, 7) is 11.9. The Balaban J connectivity index is 1.68.